The predicted octanol–water partition coefficient (Wildman–Crippen LogP) is 0.934. The van der Waals surface area contributed by atoms with Gasteiger partial charge in [0.1, 0.15) is 5.56 Å². The van der Waals surface area contributed by atoms with Crippen molar-refractivity contribution in [1.29, 1.82) is 0 Å². The molecule has 0 unspecified atom stereocenters. The predicted molar refractivity (Wildman–Crippen MR) is 61.9 cm³/mol. The van der Waals surface area contributed by atoms with Crippen LogP contribution in [0.3, 0.4) is 0 Å². The van der Waals surface area contributed by atoms with Crippen molar-refractivity contribution in [3.05, 3.63) is 39.4 Å². The molecular weight excluding hydrogens is 240 g/mol. The summed E-state index contributed by atoms with van der Waals surface area (Å²) in [5.41, 5.74) is 4.81. The summed E-state index contributed by atoms with van der Waals surface area (Å²) in [6, 6.07) is 4.19. The van der Waals surface area contributed by atoms with Crippen LogP contribution < -0.4 is 5.73 Å². The van der Waals surface area contributed by atoms with E-state index < -0.39 is 22.9 Å². The molecule has 0 aliphatic rings. The second-order valence-electron chi connectivity index (χ2n) is 3.68. The van der Waals surface area contributed by atoms with E-state index in [2.05, 4.69) is 0 Å². The van der Waals surface area contributed by atoms with Crippen molar-refractivity contribution in [2.45, 2.75) is 20.0 Å². The molecule has 18 heavy (non-hydrogen) atoms. The fourth-order valence-electron chi connectivity index (χ4n) is 1.35. The zero-order valence-corrected chi connectivity index (χ0v) is 9.88. The number of nitrogens with zero attached hydrogens (tertiary/aromatic N) is 1. The Morgan fingerprint density at radius 3 is 2.56 bits per heavy atom. The Labute approximate surface area is 103 Å². The minimum absolute atomic E-state index is 0.171. The average Bonchev–Trinajstić information content (AvgIpc) is 2.27. The number of aryl methyl sites for hydroxylation is 1. The fraction of sp³-hybridized carbons (Fsp3) is 0.273. The van der Waals surface area contributed by atoms with Crippen LogP contribution in [-0.4, -0.2) is 22.9 Å². The monoisotopic (exact) mass is 252 g/mol. The van der Waals surface area contributed by atoms with Crippen molar-refractivity contribution in [2.75, 3.05) is 0 Å². The summed E-state index contributed by atoms with van der Waals surface area (Å²) < 4.78 is 4.75. The molecule has 96 valence electrons. The van der Waals surface area contributed by atoms with Crippen molar-refractivity contribution < 1.29 is 19.2 Å². The van der Waals surface area contributed by atoms with Crippen LogP contribution in [0.1, 0.15) is 22.8 Å². The lowest BCUT2D eigenvalue weighted by molar-refractivity contribution is -0.385. The number of ether oxygens (including phenoxy) is 1. The van der Waals surface area contributed by atoms with E-state index in [4.69, 9.17) is 10.5 Å². The summed E-state index contributed by atoms with van der Waals surface area (Å²) in [4.78, 5) is 32.7. The number of amides is 1. The van der Waals surface area contributed by atoms with Gasteiger partial charge in [-0.15, -0.1) is 0 Å². The maximum absolute atomic E-state index is 11.8. The molecule has 0 aromatic heterocycles. The van der Waals surface area contributed by atoms with Crippen LogP contribution in [0.2, 0.25) is 0 Å². The van der Waals surface area contributed by atoms with E-state index in [0.717, 1.165) is 0 Å². The lowest BCUT2D eigenvalue weighted by atomic mass is 10.1. The van der Waals surface area contributed by atoms with Gasteiger partial charge in [-0.05, 0) is 19.4 Å². The number of esters is 1. The van der Waals surface area contributed by atoms with Crippen molar-refractivity contribution in [1.82, 2.24) is 0 Å². The molecule has 1 rings (SSSR count). The van der Waals surface area contributed by atoms with Crippen LogP contribution >= 0.6 is 0 Å². The number of carbonyl (C=O) groups excluding carboxylic acids is 2. The molecule has 1 amide bonds. The number of benzene rings is 1. The van der Waals surface area contributed by atoms with Crippen LogP contribution in [0.15, 0.2) is 18.2 Å². The summed E-state index contributed by atoms with van der Waals surface area (Å²) >= 11 is 0. The molecule has 0 radical (unpaired) electrons. The number of hydrogen-bond acceptors (Lipinski definition) is 5. The second kappa shape index (κ2) is 5.26. The van der Waals surface area contributed by atoms with Gasteiger partial charge in [-0.3, -0.25) is 14.9 Å². The number of rotatable bonds is 4. The summed E-state index contributed by atoms with van der Waals surface area (Å²) in [5.74, 6) is -1.76. The number of nitro groups is 1. The highest BCUT2D eigenvalue weighted by Crippen LogP contribution is 2.23. The summed E-state index contributed by atoms with van der Waals surface area (Å²) in [7, 11) is 0. The highest BCUT2D eigenvalue weighted by molar-refractivity contribution is 5.97. The van der Waals surface area contributed by atoms with Gasteiger partial charge in [0.2, 0.25) is 0 Å². The van der Waals surface area contributed by atoms with Gasteiger partial charge in [-0.2, -0.15) is 0 Å². The molecule has 0 aliphatic heterocycles. The van der Waals surface area contributed by atoms with Gasteiger partial charge in [0.05, 0.1) is 4.92 Å². The molecule has 1 atom stereocenters. The van der Waals surface area contributed by atoms with Crippen molar-refractivity contribution in [3.8, 4) is 0 Å². The highest BCUT2D eigenvalue weighted by atomic mass is 16.6. The van der Waals surface area contributed by atoms with Gasteiger partial charge in [-0.25, -0.2) is 4.79 Å². The topological polar surface area (TPSA) is 113 Å². The minimum Gasteiger partial charge on any atom is -0.449 e. The first kappa shape index (κ1) is 13.6. The van der Waals surface area contributed by atoms with Crippen molar-refractivity contribution in [2.24, 2.45) is 5.73 Å². The molecule has 0 fully saturated rings. The largest absolute Gasteiger partial charge is 0.449 e. The number of nitro benzene ring substituents is 1. The molecular formula is C11H12N2O5. The first-order valence-corrected chi connectivity index (χ1v) is 5.09. The van der Waals surface area contributed by atoms with E-state index in [9.17, 15) is 19.7 Å². The highest BCUT2D eigenvalue weighted by Gasteiger charge is 2.26. The maximum Gasteiger partial charge on any atom is 0.346 e. The normalized spacial score (nSPS) is 11.7. The molecule has 1 aromatic rings. The van der Waals surface area contributed by atoms with Gasteiger partial charge < -0.3 is 10.5 Å². The van der Waals surface area contributed by atoms with Crippen LogP contribution in [0, 0.1) is 17.0 Å². The number of hydrogen-bond donors (Lipinski definition) is 1. The minimum atomic E-state index is -1.14. The molecule has 7 heteroatoms. The third-order valence-corrected chi connectivity index (χ3v) is 2.34. The Hall–Kier alpha value is -2.44. The Balaban J connectivity index is 3.12. The Morgan fingerprint density at radius 1 is 1.44 bits per heavy atom. The van der Waals surface area contributed by atoms with E-state index in [1.54, 1.807) is 13.0 Å². The second-order valence-corrected chi connectivity index (χ2v) is 3.68. The van der Waals surface area contributed by atoms with Crippen LogP contribution in [0.4, 0.5) is 5.69 Å². The average molecular weight is 252 g/mol. The fourth-order valence-corrected chi connectivity index (χ4v) is 1.35. The molecule has 0 bridgehead atoms. The number of primary amides is 1. The molecule has 1 aromatic carbocycles. The third kappa shape index (κ3) is 2.82. The standard InChI is InChI=1S/C11H12N2O5/c1-6-4-3-5-8(13(16)17)9(6)11(15)18-7(2)10(12)14/h3-5,7H,1-2H3,(H2,12,14)/t7-/m0/s1. The number of nitrogens with two attached hydrogens (primary N) is 1. The van der Waals surface area contributed by atoms with Gasteiger partial charge in [-0.1, -0.05) is 12.1 Å². The van der Waals surface area contributed by atoms with Crippen molar-refractivity contribution in [3.63, 3.8) is 0 Å². The Bertz CT molecular complexity index is 512. The molecule has 0 spiro atoms. The lowest BCUT2D eigenvalue weighted by Gasteiger charge is -2.11. The quantitative estimate of drug-likeness (QED) is 0.486. The van der Waals surface area contributed by atoms with E-state index >= 15 is 0 Å². The summed E-state index contributed by atoms with van der Waals surface area (Å²) in [5, 5.41) is 10.8. The van der Waals surface area contributed by atoms with E-state index in [-0.39, 0.29) is 11.3 Å². The SMILES string of the molecule is Cc1cccc([N+](=O)[O-])c1C(=O)O[C@@H](C)C(N)=O. The van der Waals surface area contributed by atoms with Crippen LogP contribution in [0.25, 0.3) is 0 Å². The smallest absolute Gasteiger partial charge is 0.346 e. The molecule has 0 saturated heterocycles. The van der Waals surface area contributed by atoms with E-state index in [1.165, 1.54) is 19.1 Å². The molecule has 2 N–H and O–H groups in total. The van der Waals surface area contributed by atoms with Crippen LogP contribution in [0.5, 0.6) is 0 Å². The number of carbonyl (C=O) groups is 2. The maximum atomic E-state index is 11.8. The Kier molecular flexibility index (Phi) is 3.98. The van der Waals surface area contributed by atoms with Crippen LogP contribution in [-0.2, 0) is 9.53 Å². The molecule has 0 saturated carbocycles. The Morgan fingerprint density at radius 2 is 2.06 bits per heavy atom. The lowest BCUT2D eigenvalue weighted by Crippen LogP contribution is -2.30. The first-order chi connectivity index (χ1) is 8.34. The van der Waals surface area contributed by atoms with Gasteiger partial charge in [0.25, 0.3) is 11.6 Å². The summed E-state index contributed by atoms with van der Waals surface area (Å²) in [6.45, 7) is 2.84. The van der Waals surface area contributed by atoms with Gasteiger partial charge in [0.15, 0.2) is 6.10 Å². The molecule has 0 aliphatic carbocycles. The van der Waals surface area contributed by atoms with Gasteiger partial charge >= 0.3 is 5.97 Å². The molecule has 0 heterocycles. The zero-order chi connectivity index (χ0) is 13.9. The zero-order valence-electron chi connectivity index (χ0n) is 9.88. The van der Waals surface area contributed by atoms with E-state index in [0.29, 0.717) is 5.56 Å². The molecule has 7 nitrogen and oxygen atoms in total. The van der Waals surface area contributed by atoms with Gasteiger partial charge in [0, 0.05) is 6.07 Å². The third-order valence-electron chi connectivity index (χ3n) is 2.34. The first-order valence-electron chi connectivity index (χ1n) is 5.09. The summed E-state index contributed by atoms with van der Waals surface area (Å²) in [6.07, 6.45) is -1.14. The van der Waals surface area contributed by atoms with Crippen molar-refractivity contribution >= 4 is 17.6 Å². The van der Waals surface area contributed by atoms with E-state index in [1.807, 2.05) is 0 Å².